The van der Waals surface area contributed by atoms with Crippen molar-refractivity contribution in [3.05, 3.63) is 30.3 Å². The van der Waals surface area contributed by atoms with Crippen LogP contribution in [0.4, 0.5) is 5.69 Å². The van der Waals surface area contributed by atoms with E-state index in [-0.39, 0.29) is 11.2 Å². The molecule has 17 heavy (non-hydrogen) atoms. The fraction of sp³-hybridized carbons (Fsp3) is 0.462. The van der Waals surface area contributed by atoms with Crippen LogP contribution >= 0.6 is 12.6 Å². The predicted molar refractivity (Wildman–Crippen MR) is 73.7 cm³/mol. The molecule has 4 heteroatoms. The number of hydrogen-bond acceptors (Lipinski definition) is 3. The van der Waals surface area contributed by atoms with Crippen molar-refractivity contribution in [1.29, 1.82) is 0 Å². The van der Waals surface area contributed by atoms with E-state index in [1.165, 1.54) is 5.69 Å². The first-order chi connectivity index (χ1) is 8.18. The molecule has 1 unspecified atom stereocenters. The molecule has 1 saturated heterocycles. The highest BCUT2D eigenvalue weighted by Gasteiger charge is 2.22. The maximum atomic E-state index is 11.8. The molecule has 3 nitrogen and oxygen atoms in total. The van der Waals surface area contributed by atoms with Crippen molar-refractivity contribution in [3.8, 4) is 0 Å². The molecule has 1 fully saturated rings. The second-order valence-corrected chi connectivity index (χ2v) is 5.10. The van der Waals surface area contributed by atoms with Crippen molar-refractivity contribution in [2.75, 3.05) is 31.1 Å². The fourth-order valence-corrected chi connectivity index (χ4v) is 2.25. The average molecular weight is 250 g/mol. The number of amides is 1. The molecule has 0 N–H and O–H groups in total. The molecule has 0 aliphatic carbocycles. The Labute approximate surface area is 108 Å². The monoisotopic (exact) mass is 250 g/mol. The van der Waals surface area contributed by atoms with Gasteiger partial charge in [-0.2, -0.15) is 12.6 Å². The first-order valence-corrected chi connectivity index (χ1v) is 6.47. The molecule has 0 bridgehead atoms. The van der Waals surface area contributed by atoms with Gasteiger partial charge in [0.1, 0.15) is 0 Å². The molecular formula is C13H18N2OS. The molecule has 0 spiro atoms. The van der Waals surface area contributed by atoms with Gasteiger partial charge in [0.2, 0.25) is 5.91 Å². The molecule has 1 aliphatic heterocycles. The Morgan fingerprint density at radius 3 is 2.29 bits per heavy atom. The lowest BCUT2D eigenvalue weighted by atomic mass is 10.2. The van der Waals surface area contributed by atoms with Gasteiger partial charge in [0.05, 0.1) is 5.25 Å². The van der Waals surface area contributed by atoms with E-state index < -0.39 is 0 Å². The lowest BCUT2D eigenvalue weighted by Gasteiger charge is -2.36. The van der Waals surface area contributed by atoms with Crippen molar-refractivity contribution >= 4 is 24.2 Å². The molecule has 2 rings (SSSR count). The van der Waals surface area contributed by atoms with E-state index in [0.717, 1.165) is 26.2 Å². The number of thiol groups is 1. The molecule has 0 radical (unpaired) electrons. The Hall–Kier alpha value is -1.16. The highest BCUT2D eigenvalue weighted by atomic mass is 32.1. The van der Waals surface area contributed by atoms with E-state index in [2.05, 4.69) is 29.7 Å². The highest BCUT2D eigenvalue weighted by Crippen LogP contribution is 2.16. The van der Waals surface area contributed by atoms with Crippen LogP contribution in [0.15, 0.2) is 30.3 Å². The smallest absolute Gasteiger partial charge is 0.235 e. The Balaban J connectivity index is 1.93. The van der Waals surface area contributed by atoms with Crippen LogP contribution < -0.4 is 4.90 Å². The molecule has 92 valence electrons. The van der Waals surface area contributed by atoms with E-state index in [0.29, 0.717) is 0 Å². The Morgan fingerprint density at radius 2 is 1.76 bits per heavy atom. The van der Waals surface area contributed by atoms with Gasteiger partial charge in [0.25, 0.3) is 0 Å². The van der Waals surface area contributed by atoms with Crippen molar-refractivity contribution in [2.24, 2.45) is 0 Å². The van der Waals surface area contributed by atoms with Gasteiger partial charge >= 0.3 is 0 Å². The maximum Gasteiger partial charge on any atom is 0.235 e. The molecule has 1 aliphatic rings. The summed E-state index contributed by atoms with van der Waals surface area (Å²) in [5.41, 5.74) is 1.23. The van der Waals surface area contributed by atoms with Crippen molar-refractivity contribution in [2.45, 2.75) is 12.2 Å². The summed E-state index contributed by atoms with van der Waals surface area (Å²) >= 11 is 4.19. The Kier molecular flexibility index (Phi) is 3.94. The maximum absolute atomic E-state index is 11.8. The van der Waals surface area contributed by atoms with E-state index in [9.17, 15) is 4.79 Å². The minimum Gasteiger partial charge on any atom is -0.368 e. The van der Waals surface area contributed by atoms with E-state index in [1.807, 2.05) is 30.0 Å². The standard InChI is InChI=1S/C13H18N2OS/c1-11(17)13(16)15-9-7-14(8-10-15)12-5-3-2-4-6-12/h2-6,11,17H,7-10H2,1H3. The number of carbonyl (C=O) groups is 1. The van der Waals surface area contributed by atoms with Gasteiger partial charge in [-0.1, -0.05) is 18.2 Å². The van der Waals surface area contributed by atoms with Crippen LogP contribution in [0, 0.1) is 0 Å². The lowest BCUT2D eigenvalue weighted by molar-refractivity contribution is -0.130. The van der Waals surface area contributed by atoms with Crippen LogP contribution in [0.25, 0.3) is 0 Å². The molecule has 1 aromatic rings. The predicted octanol–water partition coefficient (Wildman–Crippen LogP) is 1.65. The van der Waals surface area contributed by atoms with E-state index in [4.69, 9.17) is 0 Å². The summed E-state index contributed by atoms with van der Waals surface area (Å²) < 4.78 is 0. The van der Waals surface area contributed by atoms with Gasteiger partial charge in [-0.3, -0.25) is 4.79 Å². The summed E-state index contributed by atoms with van der Waals surface area (Å²) in [4.78, 5) is 16.0. The largest absolute Gasteiger partial charge is 0.368 e. The summed E-state index contributed by atoms with van der Waals surface area (Å²) in [7, 11) is 0. The van der Waals surface area contributed by atoms with Crippen LogP contribution in [0.2, 0.25) is 0 Å². The molecule has 1 amide bonds. The number of anilines is 1. The summed E-state index contributed by atoms with van der Waals surface area (Å²) in [5.74, 6) is 0.140. The van der Waals surface area contributed by atoms with Gasteiger partial charge in [0, 0.05) is 31.9 Å². The quantitative estimate of drug-likeness (QED) is 0.807. The summed E-state index contributed by atoms with van der Waals surface area (Å²) in [5, 5.41) is -0.196. The molecule has 1 aromatic carbocycles. The SMILES string of the molecule is CC(S)C(=O)N1CCN(c2ccccc2)CC1. The number of para-hydroxylation sites is 1. The van der Waals surface area contributed by atoms with Gasteiger partial charge < -0.3 is 9.80 Å². The van der Waals surface area contributed by atoms with E-state index in [1.54, 1.807) is 0 Å². The fourth-order valence-electron chi connectivity index (χ4n) is 2.09. The third kappa shape index (κ3) is 2.94. The topological polar surface area (TPSA) is 23.6 Å². The zero-order chi connectivity index (χ0) is 12.3. The number of nitrogens with zero attached hydrogens (tertiary/aromatic N) is 2. The minimum atomic E-state index is -0.196. The van der Waals surface area contributed by atoms with Crippen LogP contribution in [0.3, 0.4) is 0 Å². The Morgan fingerprint density at radius 1 is 1.18 bits per heavy atom. The lowest BCUT2D eigenvalue weighted by Crippen LogP contribution is -2.50. The van der Waals surface area contributed by atoms with Crippen LogP contribution in [-0.4, -0.2) is 42.2 Å². The van der Waals surface area contributed by atoms with Gasteiger partial charge in [0.15, 0.2) is 0 Å². The summed E-state index contributed by atoms with van der Waals surface area (Å²) in [6.45, 7) is 5.21. The van der Waals surface area contributed by atoms with Crippen LogP contribution in [-0.2, 0) is 4.79 Å². The Bertz CT molecular complexity index is 372. The van der Waals surface area contributed by atoms with Crippen LogP contribution in [0.5, 0.6) is 0 Å². The number of rotatable bonds is 2. The molecular weight excluding hydrogens is 232 g/mol. The summed E-state index contributed by atoms with van der Waals surface area (Å²) in [6.07, 6.45) is 0. The third-order valence-corrected chi connectivity index (χ3v) is 3.29. The molecule has 1 heterocycles. The normalized spacial score (nSPS) is 18.0. The van der Waals surface area contributed by atoms with Crippen molar-refractivity contribution < 1.29 is 4.79 Å². The second kappa shape index (κ2) is 5.45. The number of hydrogen-bond donors (Lipinski definition) is 1. The zero-order valence-electron chi connectivity index (χ0n) is 10.0. The highest BCUT2D eigenvalue weighted by molar-refractivity contribution is 7.81. The van der Waals surface area contributed by atoms with Gasteiger partial charge in [-0.15, -0.1) is 0 Å². The molecule has 0 aromatic heterocycles. The molecule has 0 saturated carbocycles. The third-order valence-electron chi connectivity index (χ3n) is 3.07. The average Bonchev–Trinajstić information content (AvgIpc) is 2.39. The minimum absolute atomic E-state index is 0.140. The summed E-state index contributed by atoms with van der Waals surface area (Å²) in [6, 6.07) is 10.3. The van der Waals surface area contributed by atoms with Crippen molar-refractivity contribution in [1.82, 2.24) is 4.90 Å². The van der Waals surface area contributed by atoms with Gasteiger partial charge in [-0.25, -0.2) is 0 Å². The van der Waals surface area contributed by atoms with E-state index >= 15 is 0 Å². The van der Waals surface area contributed by atoms with Gasteiger partial charge in [-0.05, 0) is 19.1 Å². The van der Waals surface area contributed by atoms with Crippen LogP contribution in [0.1, 0.15) is 6.92 Å². The van der Waals surface area contributed by atoms with Crippen molar-refractivity contribution in [3.63, 3.8) is 0 Å². The zero-order valence-corrected chi connectivity index (χ0v) is 10.9. The molecule has 1 atom stereocenters. The number of carbonyl (C=O) groups excluding carboxylic acids is 1. The first-order valence-electron chi connectivity index (χ1n) is 5.95. The number of benzene rings is 1. The second-order valence-electron chi connectivity index (χ2n) is 4.32. The number of piperazine rings is 1. The first kappa shape index (κ1) is 12.3.